The van der Waals surface area contributed by atoms with Crippen LogP contribution in [0.3, 0.4) is 0 Å². The predicted octanol–water partition coefficient (Wildman–Crippen LogP) is 16.1. The second-order valence-corrected chi connectivity index (χ2v) is 40.1. The van der Waals surface area contributed by atoms with Gasteiger partial charge in [0, 0.05) is 0 Å². The molecule has 0 fully saturated rings. The van der Waals surface area contributed by atoms with E-state index in [4.69, 9.17) is 17.0 Å². The van der Waals surface area contributed by atoms with Gasteiger partial charge in [0.05, 0.1) is 0 Å². The maximum absolute atomic E-state index is 5.62. The van der Waals surface area contributed by atoms with Crippen LogP contribution >= 0.6 is 17.0 Å². The molecule has 0 bridgehead atoms. The molecule has 0 amide bonds. The van der Waals surface area contributed by atoms with E-state index in [9.17, 15) is 0 Å². The van der Waals surface area contributed by atoms with Crippen molar-refractivity contribution in [1.29, 1.82) is 0 Å². The molecule has 0 nitrogen and oxygen atoms in total. The van der Waals surface area contributed by atoms with Crippen LogP contribution in [0.1, 0.15) is 52.7 Å². The summed E-state index contributed by atoms with van der Waals surface area (Å²) in [6.07, 6.45) is 2.22. The standard InChI is InChI=1S/2C24H23.C2H6Si.2ClH.Zr/c2*1-24(2,3)16-17-14-19-10-7-13-22(23(19)15-17)21-12-6-9-18-8-4-5-11-20(18)21;1-3-2;;;/h2*4-15H,16H2,1-3H3;1-2H3;2*1H;/q2*-1;;;;+2/p-2. The van der Waals surface area contributed by atoms with Gasteiger partial charge in [-0.2, -0.15) is 12.1 Å². The summed E-state index contributed by atoms with van der Waals surface area (Å²) in [4.78, 5) is 0. The monoisotopic (exact) mass is 840 g/mol. The van der Waals surface area contributed by atoms with E-state index < -0.39 is 18.0 Å². The Balaban J connectivity index is 0.000000160. The average molecular weight is 843 g/mol. The molecule has 0 aliphatic heterocycles. The Morgan fingerprint density at radius 2 is 0.778 bits per heavy atom. The second-order valence-electron chi connectivity index (χ2n) is 17.1. The van der Waals surface area contributed by atoms with E-state index in [1.807, 2.05) is 0 Å². The van der Waals surface area contributed by atoms with E-state index in [0.29, 0.717) is 10.8 Å². The molecule has 0 saturated heterocycles. The van der Waals surface area contributed by atoms with Crippen LogP contribution in [0, 0.1) is 10.8 Å². The third-order valence-corrected chi connectivity index (χ3v) is 29.4. The average Bonchev–Trinajstić information content (AvgIpc) is 3.73. The van der Waals surface area contributed by atoms with E-state index in [1.165, 1.54) is 76.5 Å². The molecular weight excluding hydrogens is 791 g/mol. The van der Waals surface area contributed by atoms with Gasteiger partial charge in [0.25, 0.3) is 0 Å². The van der Waals surface area contributed by atoms with Crippen LogP contribution in [0.15, 0.2) is 146 Å². The van der Waals surface area contributed by atoms with Gasteiger partial charge < -0.3 is 0 Å². The first kappa shape index (κ1) is 40.4. The minimum absolute atomic E-state index is 0.224. The Morgan fingerprint density at radius 3 is 1.13 bits per heavy atom. The van der Waals surface area contributed by atoms with Crippen LogP contribution in [-0.4, -0.2) is 5.43 Å². The molecule has 8 aromatic rings. The molecule has 0 N–H and O–H groups in total. The van der Waals surface area contributed by atoms with Gasteiger partial charge in [0.15, 0.2) is 0 Å². The van der Waals surface area contributed by atoms with Crippen LogP contribution < -0.4 is 0 Å². The van der Waals surface area contributed by atoms with E-state index in [1.54, 1.807) is 0 Å². The molecule has 0 heterocycles. The molecule has 276 valence electrons. The molecule has 0 unspecified atom stereocenters. The number of rotatable bonds is 4. The van der Waals surface area contributed by atoms with Crippen LogP contribution in [0.4, 0.5) is 0 Å². The summed E-state index contributed by atoms with van der Waals surface area (Å²) < 4.78 is 0. The Bertz CT molecular complexity index is 2370. The third kappa shape index (κ3) is 10.1. The van der Waals surface area contributed by atoms with Gasteiger partial charge in [-0.15, -0.1) is 69.1 Å². The summed E-state index contributed by atoms with van der Waals surface area (Å²) in [5, 5.41) is 10.7. The zero-order valence-electron chi connectivity index (χ0n) is 33.0. The van der Waals surface area contributed by atoms with Gasteiger partial charge in [-0.3, -0.25) is 0 Å². The topological polar surface area (TPSA) is 0 Å². The van der Waals surface area contributed by atoms with Crippen LogP contribution in [0.2, 0.25) is 13.1 Å². The van der Waals surface area contributed by atoms with Crippen molar-refractivity contribution in [2.75, 3.05) is 0 Å². The Hall–Kier alpha value is -3.26. The third-order valence-electron chi connectivity index (χ3n) is 9.63. The second kappa shape index (κ2) is 17.3. The molecule has 8 rings (SSSR count). The molecule has 0 atom stereocenters. The zero-order chi connectivity index (χ0) is 38.6. The molecular formula is C50H52Cl2SiZr-2. The SMILES string of the molecule is CC(C)(C)Cc1cc2c(-c3cccc4ccccc34)cccc2[cH-]1.CC(C)(C)Cc1cc2c(-c3cccc4ccccc34)cccc2[cH-]1.C[Si](C)=[Zr]([Cl])[Cl]. The summed E-state index contributed by atoms with van der Waals surface area (Å²) in [5.41, 5.74) is 8.59. The van der Waals surface area contributed by atoms with Crippen molar-refractivity contribution in [1.82, 2.24) is 0 Å². The van der Waals surface area contributed by atoms with Gasteiger partial charge in [-0.1, -0.05) is 150 Å². The van der Waals surface area contributed by atoms with Crippen molar-refractivity contribution in [3.05, 3.63) is 157 Å². The van der Waals surface area contributed by atoms with Crippen molar-refractivity contribution in [2.45, 2.75) is 67.5 Å². The molecule has 4 heteroatoms. The number of hydrogen-bond donors (Lipinski definition) is 0. The number of halogens is 2. The quantitative estimate of drug-likeness (QED) is 0.122. The summed E-state index contributed by atoms with van der Waals surface area (Å²) in [5.74, 6) is 0. The van der Waals surface area contributed by atoms with Gasteiger partial charge in [0.2, 0.25) is 0 Å². The van der Waals surface area contributed by atoms with Crippen molar-refractivity contribution in [3.8, 4) is 22.3 Å². The van der Waals surface area contributed by atoms with Crippen molar-refractivity contribution < 1.29 is 18.0 Å². The zero-order valence-corrected chi connectivity index (χ0v) is 38.0. The van der Waals surface area contributed by atoms with Gasteiger partial charge in [-0.05, 0) is 56.3 Å². The first-order valence-electron chi connectivity index (χ1n) is 19.0. The summed E-state index contributed by atoms with van der Waals surface area (Å²) >= 11 is -1.65. The van der Waals surface area contributed by atoms with Gasteiger partial charge in [-0.25, -0.2) is 0 Å². The van der Waals surface area contributed by atoms with Crippen LogP contribution in [-0.2, 0) is 30.8 Å². The molecule has 0 radical (unpaired) electrons. The molecule has 8 aromatic carbocycles. The van der Waals surface area contributed by atoms with E-state index in [-0.39, 0.29) is 5.43 Å². The molecule has 0 aliphatic rings. The first-order valence-corrected chi connectivity index (χ1v) is 31.5. The van der Waals surface area contributed by atoms with Crippen LogP contribution in [0.5, 0.6) is 0 Å². The Labute approximate surface area is 338 Å². The number of fused-ring (bicyclic) bond motifs is 4. The van der Waals surface area contributed by atoms with Gasteiger partial charge >= 0.3 is 53.5 Å². The molecule has 0 saturated carbocycles. The molecule has 0 aliphatic carbocycles. The van der Waals surface area contributed by atoms with E-state index >= 15 is 0 Å². The van der Waals surface area contributed by atoms with Crippen molar-refractivity contribution in [2.24, 2.45) is 10.8 Å². The summed E-state index contributed by atoms with van der Waals surface area (Å²) in [6, 6.07) is 53.3. The predicted molar refractivity (Wildman–Crippen MR) is 240 cm³/mol. The minimum atomic E-state index is -1.65. The van der Waals surface area contributed by atoms with Crippen LogP contribution in [0.25, 0.3) is 65.3 Å². The normalized spacial score (nSPS) is 11.7. The fourth-order valence-corrected chi connectivity index (χ4v) is 7.41. The summed E-state index contributed by atoms with van der Waals surface area (Å²) in [7, 11) is 11.2. The Kier molecular flexibility index (Phi) is 12.9. The van der Waals surface area contributed by atoms with Crippen molar-refractivity contribution >= 4 is 65.5 Å². The maximum atomic E-state index is 5.62. The van der Waals surface area contributed by atoms with Crippen molar-refractivity contribution in [3.63, 3.8) is 0 Å². The molecule has 0 aromatic heterocycles. The van der Waals surface area contributed by atoms with Gasteiger partial charge in [0.1, 0.15) is 0 Å². The summed E-state index contributed by atoms with van der Waals surface area (Å²) in [6.45, 7) is 18.1. The van der Waals surface area contributed by atoms with E-state index in [0.717, 1.165) is 12.8 Å². The number of benzene rings is 6. The molecule has 54 heavy (non-hydrogen) atoms. The van der Waals surface area contributed by atoms with E-state index in [2.05, 4.69) is 200 Å². The first-order chi connectivity index (χ1) is 25.7. The fraction of sp³-hybridized carbons (Fsp3) is 0.240. The molecule has 0 spiro atoms. The number of hydrogen-bond acceptors (Lipinski definition) is 0. The Morgan fingerprint density at radius 1 is 0.463 bits per heavy atom. The fourth-order valence-electron chi connectivity index (χ4n) is 7.41.